The summed E-state index contributed by atoms with van der Waals surface area (Å²) in [6.07, 6.45) is -0.0606. The Kier molecular flexibility index (Phi) is 3.84. The van der Waals surface area contributed by atoms with E-state index >= 15 is 0 Å². The second-order valence-corrected chi connectivity index (χ2v) is 5.48. The maximum atomic E-state index is 11.6. The molecule has 7 nitrogen and oxygen atoms in total. The number of thiazole rings is 1. The van der Waals surface area contributed by atoms with Gasteiger partial charge in [-0.05, 0) is 12.1 Å². The second kappa shape index (κ2) is 5.94. The van der Waals surface area contributed by atoms with Crippen molar-refractivity contribution in [2.45, 2.75) is 6.42 Å². The Hall–Kier alpha value is -2.74. The molecule has 0 fully saturated rings. The van der Waals surface area contributed by atoms with Crippen LogP contribution in [0, 0.1) is 0 Å². The van der Waals surface area contributed by atoms with E-state index in [0.29, 0.717) is 10.8 Å². The minimum atomic E-state index is -0.455. The lowest BCUT2D eigenvalue weighted by molar-refractivity contribution is -0.139. The average molecular weight is 316 g/mol. The van der Waals surface area contributed by atoms with Crippen molar-refractivity contribution in [1.29, 1.82) is 0 Å². The number of aromatic nitrogens is 3. The minimum absolute atomic E-state index is 0.0606. The minimum Gasteiger partial charge on any atom is -0.469 e. The fourth-order valence-corrected chi connectivity index (χ4v) is 2.77. The Morgan fingerprint density at radius 1 is 1.36 bits per heavy atom. The number of hydrogen-bond donors (Lipinski definition) is 2. The van der Waals surface area contributed by atoms with Crippen LogP contribution >= 0.6 is 11.3 Å². The largest absolute Gasteiger partial charge is 0.469 e. The maximum Gasteiger partial charge on any atom is 0.311 e. The first kappa shape index (κ1) is 14.2. The van der Waals surface area contributed by atoms with Gasteiger partial charge in [-0.3, -0.25) is 14.6 Å². The molecule has 2 aromatic heterocycles. The third-order valence-electron chi connectivity index (χ3n) is 2.87. The molecule has 22 heavy (non-hydrogen) atoms. The summed E-state index contributed by atoms with van der Waals surface area (Å²) in [5.74, 6) is -0.213. The van der Waals surface area contributed by atoms with Crippen molar-refractivity contribution in [2.24, 2.45) is 0 Å². The van der Waals surface area contributed by atoms with Gasteiger partial charge in [0.05, 0.1) is 29.4 Å². The molecule has 3 rings (SSSR count). The summed E-state index contributed by atoms with van der Waals surface area (Å²) in [6, 6.07) is 8.97. The molecule has 0 aliphatic heterocycles. The van der Waals surface area contributed by atoms with Crippen LogP contribution in [0.2, 0.25) is 0 Å². The number of ether oxygens (including phenoxy) is 1. The van der Waals surface area contributed by atoms with Gasteiger partial charge >= 0.3 is 5.97 Å². The maximum absolute atomic E-state index is 11.6. The molecule has 2 N–H and O–H groups in total. The SMILES string of the molecule is COC(=O)Cc1cc(=O)[nH]c(Nc2nc3ccccc3s2)n1. The number of aromatic amines is 1. The molecule has 0 aliphatic rings. The van der Waals surface area contributed by atoms with Gasteiger partial charge in [-0.25, -0.2) is 9.97 Å². The normalized spacial score (nSPS) is 10.6. The highest BCUT2D eigenvalue weighted by atomic mass is 32.1. The Balaban J connectivity index is 1.88. The van der Waals surface area contributed by atoms with Gasteiger partial charge in [0.15, 0.2) is 5.13 Å². The van der Waals surface area contributed by atoms with Crippen molar-refractivity contribution in [3.8, 4) is 0 Å². The summed E-state index contributed by atoms with van der Waals surface area (Å²) in [5, 5.41) is 3.57. The molecular weight excluding hydrogens is 304 g/mol. The topological polar surface area (TPSA) is 97.0 Å². The van der Waals surface area contributed by atoms with E-state index in [0.717, 1.165) is 10.2 Å². The number of esters is 1. The summed E-state index contributed by atoms with van der Waals surface area (Å²) in [4.78, 5) is 34.1. The summed E-state index contributed by atoms with van der Waals surface area (Å²) in [6.45, 7) is 0. The molecule has 0 aliphatic carbocycles. The molecule has 1 aromatic carbocycles. The number of para-hydroxylation sites is 1. The Labute approximate surface area is 129 Å². The molecule has 0 atom stereocenters. The molecule has 0 bridgehead atoms. The monoisotopic (exact) mass is 316 g/mol. The average Bonchev–Trinajstić information content (AvgIpc) is 2.88. The molecular formula is C14H12N4O3S. The highest BCUT2D eigenvalue weighted by molar-refractivity contribution is 7.22. The highest BCUT2D eigenvalue weighted by Crippen LogP contribution is 2.26. The zero-order chi connectivity index (χ0) is 15.5. The van der Waals surface area contributed by atoms with E-state index in [1.165, 1.54) is 24.5 Å². The van der Waals surface area contributed by atoms with Gasteiger partial charge in [-0.2, -0.15) is 0 Å². The number of methoxy groups -OCH3 is 1. The number of nitrogens with zero attached hydrogens (tertiary/aromatic N) is 2. The first-order valence-electron chi connectivity index (χ1n) is 6.44. The third kappa shape index (κ3) is 3.12. The van der Waals surface area contributed by atoms with Crippen molar-refractivity contribution < 1.29 is 9.53 Å². The number of nitrogens with one attached hydrogen (secondary N) is 2. The van der Waals surface area contributed by atoms with Crippen LogP contribution in [-0.2, 0) is 16.0 Å². The number of rotatable bonds is 4. The number of fused-ring (bicyclic) bond motifs is 1. The highest BCUT2D eigenvalue weighted by Gasteiger charge is 2.09. The number of carbonyl (C=O) groups is 1. The van der Waals surface area contributed by atoms with Gasteiger partial charge in [0.1, 0.15) is 0 Å². The fraction of sp³-hybridized carbons (Fsp3) is 0.143. The lowest BCUT2D eigenvalue weighted by Crippen LogP contribution is -2.15. The molecule has 0 radical (unpaired) electrons. The van der Waals surface area contributed by atoms with E-state index in [4.69, 9.17) is 0 Å². The Bertz CT molecular complexity index is 854. The molecule has 8 heteroatoms. The predicted octanol–water partition coefficient (Wildman–Crippen LogP) is 1.84. The second-order valence-electron chi connectivity index (χ2n) is 4.45. The van der Waals surface area contributed by atoms with Gasteiger partial charge in [-0.1, -0.05) is 23.5 Å². The summed E-state index contributed by atoms with van der Waals surface area (Å²) in [7, 11) is 1.29. The zero-order valence-corrected chi connectivity index (χ0v) is 12.4. The van der Waals surface area contributed by atoms with Crippen molar-refractivity contribution in [2.75, 3.05) is 12.4 Å². The fourth-order valence-electron chi connectivity index (χ4n) is 1.90. The lowest BCUT2D eigenvalue weighted by atomic mass is 10.3. The molecule has 0 amide bonds. The first-order valence-corrected chi connectivity index (χ1v) is 7.25. The van der Waals surface area contributed by atoms with Gasteiger partial charge in [0.25, 0.3) is 5.56 Å². The molecule has 3 aromatic rings. The van der Waals surface area contributed by atoms with Gasteiger partial charge in [-0.15, -0.1) is 0 Å². The molecule has 0 unspecified atom stereocenters. The van der Waals surface area contributed by atoms with E-state index in [-0.39, 0.29) is 17.9 Å². The van der Waals surface area contributed by atoms with Gasteiger partial charge in [0, 0.05) is 6.07 Å². The van der Waals surface area contributed by atoms with Crippen LogP contribution in [0.25, 0.3) is 10.2 Å². The zero-order valence-electron chi connectivity index (χ0n) is 11.6. The lowest BCUT2D eigenvalue weighted by Gasteiger charge is -2.03. The van der Waals surface area contributed by atoms with E-state index < -0.39 is 5.97 Å². The molecule has 0 spiro atoms. The van der Waals surface area contributed by atoms with E-state index in [9.17, 15) is 9.59 Å². The standard InChI is InChI=1S/C14H12N4O3S/c1-21-12(20)7-8-6-11(19)17-13(15-8)18-14-16-9-4-2-3-5-10(9)22-14/h2-6H,7H2,1H3,(H2,15,16,17,18,19). The molecule has 0 saturated carbocycles. The van der Waals surface area contributed by atoms with E-state index in [1.54, 1.807) is 0 Å². The van der Waals surface area contributed by atoms with Crippen molar-refractivity contribution in [3.05, 3.63) is 46.4 Å². The van der Waals surface area contributed by atoms with Crippen molar-refractivity contribution in [1.82, 2.24) is 15.0 Å². The number of anilines is 2. The van der Waals surface area contributed by atoms with Crippen LogP contribution < -0.4 is 10.9 Å². The van der Waals surface area contributed by atoms with Crippen LogP contribution in [0.15, 0.2) is 35.1 Å². The van der Waals surface area contributed by atoms with Crippen molar-refractivity contribution >= 4 is 38.6 Å². The summed E-state index contributed by atoms with van der Waals surface area (Å²) < 4.78 is 5.60. The molecule has 112 valence electrons. The third-order valence-corrected chi connectivity index (χ3v) is 3.82. The predicted molar refractivity (Wildman–Crippen MR) is 83.5 cm³/mol. The van der Waals surface area contributed by atoms with E-state index in [1.807, 2.05) is 24.3 Å². The smallest absolute Gasteiger partial charge is 0.311 e. The molecule has 2 heterocycles. The van der Waals surface area contributed by atoms with Crippen LogP contribution in [-0.4, -0.2) is 28.0 Å². The van der Waals surface area contributed by atoms with Crippen LogP contribution in [0.4, 0.5) is 11.1 Å². The quantitative estimate of drug-likeness (QED) is 0.713. The Morgan fingerprint density at radius 3 is 2.95 bits per heavy atom. The van der Waals surface area contributed by atoms with Gasteiger partial charge < -0.3 is 10.1 Å². The van der Waals surface area contributed by atoms with Crippen LogP contribution in [0.5, 0.6) is 0 Å². The number of H-pyrrole nitrogens is 1. The molecule has 0 saturated heterocycles. The Morgan fingerprint density at radius 2 is 2.18 bits per heavy atom. The summed E-state index contributed by atoms with van der Waals surface area (Å²) in [5.41, 5.74) is 0.847. The number of carbonyl (C=O) groups excluding carboxylic acids is 1. The van der Waals surface area contributed by atoms with Crippen LogP contribution in [0.1, 0.15) is 5.69 Å². The van der Waals surface area contributed by atoms with Crippen molar-refractivity contribution in [3.63, 3.8) is 0 Å². The number of hydrogen-bond acceptors (Lipinski definition) is 7. The van der Waals surface area contributed by atoms with Crippen LogP contribution in [0.3, 0.4) is 0 Å². The number of benzene rings is 1. The summed E-state index contributed by atoms with van der Waals surface area (Å²) >= 11 is 1.45. The first-order chi connectivity index (χ1) is 10.6. The van der Waals surface area contributed by atoms with Gasteiger partial charge in [0.2, 0.25) is 5.95 Å². The van der Waals surface area contributed by atoms with E-state index in [2.05, 4.69) is 25.0 Å².